The van der Waals surface area contributed by atoms with E-state index in [1.54, 1.807) is 30.8 Å². The summed E-state index contributed by atoms with van der Waals surface area (Å²) < 4.78 is 6.70. The first-order chi connectivity index (χ1) is 8.70. The number of benzene rings is 1. The van der Waals surface area contributed by atoms with Crippen molar-refractivity contribution < 1.29 is 9.53 Å². The number of methoxy groups -OCH3 is 1. The lowest BCUT2D eigenvalue weighted by molar-refractivity contribution is 0.102. The molecule has 0 aliphatic carbocycles. The maximum Gasteiger partial charge on any atom is 0.174 e. The van der Waals surface area contributed by atoms with E-state index in [4.69, 9.17) is 4.74 Å². The molecule has 0 radical (unpaired) electrons. The number of thioether (sulfide) groups is 1. The van der Waals surface area contributed by atoms with Crippen molar-refractivity contribution in [2.45, 2.75) is 4.34 Å². The fourth-order valence-electron chi connectivity index (χ4n) is 1.28. The van der Waals surface area contributed by atoms with Crippen LogP contribution in [-0.2, 0) is 0 Å². The van der Waals surface area contributed by atoms with E-state index in [0.717, 1.165) is 8.81 Å². The molecule has 0 N–H and O–H groups in total. The molecule has 0 aliphatic heterocycles. The van der Waals surface area contributed by atoms with Gasteiger partial charge in [-0.1, -0.05) is 23.1 Å². The van der Waals surface area contributed by atoms with Gasteiger partial charge in [0.05, 0.1) is 17.3 Å². The number of carbonyl (C=O) groups excluding carboxylic acids is 1. The van der Waals surface area contributed by atoms with Gasteiger partial charge in [-0.3, -0.25) is 4.79 Å². The molecule has 0 saturated heterocycles. The number of hydrogen-bond acceptors (Lipinski definition) is 6. The SMILES string of the molecule is COc1ccc(C(=O)CSc2nncs2)cc1Br. The van der Waals surface area contributed by atoms with Gasteiger partial charge < -0.3 is 4.74 Å². The third-order valence-corrected chi connectivity index (χ3v) is 4.62. The van der Waals surface area contributed by atoms with E-state index in [1.807, 2.05) is 0 Å². The Labute approximate surface area is 121 Å². The molecule has 0 saturated carbocycles. The van der Waals surface area contributed by atoms with E-state index in [1.165, 1.54) is 23.1 Å². The number of Topliss-reactive ketones (excluding diaryl/α,β-unsaturated/α-hetero) is 1. The average Bonchev–Trinajstić information content (AvgIpc) is 2.89. The van der Waals surface area contributed by atoms with Crippen LogP contribution >= 0.6 is 39.0 Å². The van der Waals surface area contributed by atoms with Crippen LogP contribution in [0.2, 0.25) is 0 Å². The third-order valence-electron chi connectivity index (χ3n) is 2.14. The zero-order chi connectivity index (χ0) is 13.0. The Morgan fingerprint density at radius 1 is 1.56 bits per heavy atom. The van der Waals surface area contributed by atoms with Gasteiger partial charge in [-0.05, 0) is 34.1 Å². The largest absolute Gasteiger partial charge is 0.496 e. The zero-order valence-corrected chi connectivity index (χ0v) is 12.6. The van der Waals surface area contributed by atoms with Gasteiger partial charge >= 0.3 is 0 Å². The molecule has 0 spiro atoms. The van der Waals surface area contributed by atoms with Crippen LogP contribution in [-0.4, -0.2) is 28.8 Å². The Kier molecular flexibility index (Phi) is 4.73. The smallest absolute Gasteiger partial charge is 0.174 e. The Balaban J connectivity index is 2.02. The molecule has 7 heteroatoms. The molecular formula is C11H9BrN2O2S2. The number of hydrogen-bond donors (Lipinski definition) is 0. The highest BCUT2D eigenvalue weighted by Crippen LogP contribution is 2.27. The van der Waals surface area contributed by atoms with Gasteiger partial charge in [-0.15, -0.1) is 10.2 Å². The minimum absolute atomic E-state index is 0.0542. The predicted octanol–water partition coefficient (Wildman–Crippen LogP) is 3.28. The molecule has 18 heavy (non-hydrogen) atoms. The van der Waals surface area contributed by atoms with E-state index >= 15 is 0 Å². The molecule has 4 nitrogen and oxygen atoms in total. The van der Waals surface area contributed by atoms with E-state index in [2.05, 4.69) is 26.1 Å². The molecule has 0 unspecified atom stereocenters. The summed E-state index contributed by atoms with van der Waals surface area (Å²) in [5.41, 5.74) is 2.30. The third kappa shape index (κ3) is 3.30. The first-order valence-corrected chi connectivity index (χ1v) is 7.62. The second kappa shape index (κ2) is 6.31. The van der Waals surface area contributed by atoms with Crippen LogP contribution in [0.5, 0.6) is 5.75 Å². The minimum Gasteiger partial charge on any atom is -0.496 e. The average molecular weight is 345 g/mol. The number of rotatable bonds is 5. The van der Waals surface area contributed by atoms with E-state index < -0.39 is 0 Å². The van der Waals surface area contributed by atoms with Crippen LogP contribution in [0.25, 0.3) is 0 Å². The molecule has 0 bridgehead atoms. The molecule has 0 atom stereocenters. The van der Waals surface area contributed by atoms with Crippen LogP contribution in [0.1, 0.15) is 10.4 Å². The van der Waals surface area contributed by atoms with Crippen molar-refractivity contribution in [2.24, 2.45) is 0 Å². The van der Waals surface area contributed by atoms with Gasteiger partial charge in [0, 0.05) is 5.56 Å². The van der Waals surface area contributed by atoms with E-state index in [-0.39, 0.29) is 5.78 Å². The van der Waals surface area contributed by atoms with Crippen molar-refractivity contribution in [1.82, 2.24) is 10.2 Å². The van der Waals surface area contributed by atoms with Crippen molar-refractivity contribution in [3.63, 3.8) is 0 Å². The predicted molar refractivity (Wildman–Crippen MR) is 75.7 cm³/mol. The summed E-state index contributed by atoms with van der Waals surface area (Å²) in [5, 5.41) is 7.60. The van der Waals surface area contributed by atoms with Gasteiger partial charge in [0.15, 0.2) is 10.1 Å². The molecule has 0 amide bonds. The molecular weight excluding hydrogens is 336 g/mol. The lowest BCUT2D eigenvalue weighted by Crippen LogP contribution is -2.02. The Morgan fingerprint density at radius 3 is 3.00 bits per heavy atom. The molecule has 2 rings (SSSR count). The first kappa shape index (κ1) is 13.5. The summed E-state index contributed by atoms with van der Waals surface area (Å²) in [4.78, 5) is 12.0. The number of aromatic nitrogens is 2. The molecule has 1 aromatic heterocycles. The standard InChI is InChI=1S/C11H9BrN2O2S2/c1-16-10-3-2-7(4-8(10)12)9(15)5-17-11-14-13-6-18-11/h2-4,6H,5H2,1H3. The van der Waals surface area contributed by atoms with Gasteiger partial charge in [0.25, 0.3) is 0 Å². The maximum atomic E-state index is 12.0. The number of nitrogens with zero attached hydrogens (tertiary/aromatic N) is 2. The molecule has 2 aromatic rings. The summed E-state index contributed by atoms with van der Waals surface area (Å²) in [6.07, 6.45) is 0. The number of ketones is 1. The number of ether oxygens (including phenoxy) is 1. The Morgan fingerprint density at radius 2 is 2.39 bits per heavy atom. The zero-order valence-electron chi connectivity index (χ0n) is 9.42. The first-order valence-electron chi connectivity index (χ1n) is 4.96. The molecule has 0 aliphatic rings. The van der Waals surface area contributed by atoms with Crippen LogP contribution in [0, 0.1) is 0 Å². The molecule has 1 aromatic carbocycles. The topological polar surface area (TPSA) is 52.1 Å². The minimum atomic E-state index is 0.0542. The highest BCUT2D eigenvalue weighted by Gasteiger charge is 2.10. The Hall–Kier alpha value is -0.920. The van der Waals surface area contributed by atoms with Crippen LogP contribution in [0.15, 0.2) is 32.5 Å². The van der Waals surface area contributed by atoms with Crippen molar-refractivity contribution in [3.8, 4) is 5.75 Å². The summed E-state index contributed by atoms with van der Waals surface area (Å²) in [6, 6.07) is 5.29. The Bertz CT molecular complexity index is 546. The highest BCUT2D eigenvalue weighted by molar-refractivity contribution is 9.10. The molecule has 94 valence electrons. The van der Waals surface area contributed by atoms with Gasteiger partial charge in [-0.25, -0.2) is 0 Å². The lowest BCUT2D eigenvalue weighted by atomic mass is 10.1. The summed E-state index contributed by atoms with van der Waals surface area (Å²) in [6.45, 7) is 0. The lowest BCUT2D eigenvalue weighted by Gasteiger charge is -2.05. The van der Waals surface area contributed by atoms with E-state index in [9.17, 15) is 4.79 Å². The van der Waals surface area contributed by atoms with E-state index in [0.29, 0.717) is 17.1 Å². The molecule has 1 heterocycles. The molecule has 0 fully saturated rings. The second-order valence-electron chi connectivity index (χ2n) is 3.27. The summed E-state index contributed by atoms with van der Waals surface area (Å²) >= 11 is 6.18. The monoisotopic (exact) mass is 344 g/mol. The number of carbonyl (C=O) groups is 1. The van der Waals surface area contributed by atoms with Crippen molar-refractivity contribution >= 4 is 44.8 Å². The highest BCUT2D eigenvalue weighted by atomic mass is 79.9. The second-order valence-corrected chi connectivity index (χ2v) is 6.18. The quantitative estimate of drug-likeness (QED) is 0.615. The van der Waals surface area contributed by atoms with Gasteiger partial charge in [0.1, 0.15) is 11.3 Å². The summed E-state index contributed by atoms with van der Waals surface area (Å²) in [5.74, 6) is 1.12. The fraction of sp³-hybridized carbons (Fsp3) is 0.182. The van der Waals surface area contributed by atoms with Gasteiger partial charge in [0.2, 0.25) is 0 Å². The van der Waals surface area contributed by atoms with Crippen molar-refractivity contribution in [2.75, 3.05) is 12.9 Å². The van der Waals surface area contributed by atoms with Crippen LogP contribution < -0.4 is 4.74 Å². The van der Waals surface area contributed by atoms with Gasteiger partial charge in [-0.2, -0.15) is 0 Å². The normalized spacial score (nSPS) is 10.3. The summed E-state index contributed by atoms with van der Waals surface area (Å²) in [7, 11) is 1.59. The van der Waals surface area contributed by atoms with Crippen molar-refractivity contribution in [3.05, 3.63) is 33.7 Å². The van der Waals surface area contributed by atoms with Crippen LogP contribution in [0.4, 0.5) is 0 Å². The van der Waals surface area contributed by atoms with Crippen molar-refractivity contribution in [1.29, 1.82) is 0 Å². The number of halogens is 1. The van der Waals surface area contributed by atoms with Crippen LogP contribution in [0.3, 0.4) is 0 Å². The fourth-order valence-corrected chi connectivity index (χ4v) is 3.20. The maximum absolute atomic E-state index is 12.0.